The summed E-state index contributed by atoms with van der Waals surface area (Å²) in [7, 11) is 0. The van der Waals surface area contributed by atoms with Crippen molar-refractivity contribution in [1.82, 2.24) is 0 Å². The molecule has 0 aromatic heterocycles. The van der Waals surface area contributed by atoms with E-state index in [-0.39, 0.29) is 48.9 Å². The van der Waals surface area contributed by atoms with E-state index in [1.165, 1.54) is 12.1 Å². The fraction of sp³-hybridized carbons (Fsp3) is 0.222. The largest absolute Gasteiger partial charge is 1.00 e. The Bertz CT molecular complexity index is 458. The summed E-state index contributed by atoms with van der Waals surface area (Å²) in [5.74, 6) is -1.07. The number of nitro benzene ring substituents is 1. The Morgan fingerprint density at radius 3 is 2.71 bits per heavy atom. The van der Waals surface area contributed by atoms with Gasteiger partial charge in [-0.2, -0.15) is 0 Å². The van der Waals surface area contributed by atoms with Gasteiger partial charge in [0.1, 0.15) is 12.2 Å². The van der Waals surface area contributed by atoms with Gasteiger partial charge in [-0.25, -0.2) is 0 Å². The second-order valence-corrected chi connectivity index (χ2v) is 3.98. The molecule has 1 aromatic carbocycles. The van der Waals surface area contributed by atoms with Gasteiger partial charge in [0.2, 0.25) is 0 Å². The first kappa shape index (κ1) is 16.4. The molecule has 17 heavy (non-hydrogen) atoms. The van der Waals surface area contributed by atoms with Gasteiger partial charge < -0.3 is 11.8 Å². The molecule has 6 nitrogen and oxygen atoms in total. The van der Waals surface area contributed by atoms with E-state index in [0.29, 0.717) is 4.47 Å². The topological polar surface area (TPSA) is 92.5 Å². The Kier molecular flexibility index (Phi) is 6.69. The van der Waals surface area contributed by atoms with Gasteiger partial charge in [-0.3, -0.25) is 14.9 Å². The van der Waals surface area contributed by atoms with E-state index in [1.54, 1.807) is 6.92 Å². The number of hydrogen-bond acceptors (Lipinski definition) is 4. The number of aryl methyl sites for hydroxylation is 1. The van der Waals surface area contributed by atoms with Crippen LogP contribution in [-0.2, 0) is 4.79 Å². The Balaban J connectivity index is 0. The van der Waals surface area contributed by atoms with Crippen molar-refractivity contribution < 1.29 is 45.8 Å². The second-order valence-electron chi connectivity index (χ2n) is 3.12. The van der Waals surface area contributed by atoms with Crippen LogP contribution in [0.1, 0.15) is 6.99 Å². The SMILES string of the molecule is Cc1cc(NCC(=O)O)c([N+](=O)[O-])cc1Br.[H-].[Na+]. The van der Waals surface area contributed by atoms with Crippen LogP contribution in [0.15, 0.2) is 16.6 Å². The molecule has 2 N–H and O–H groups in total. The van der Waals surface area contributed by atoms with Crippen LogP contribution in [0.25, 0.3) is 0 Å². The van der Waals surface area contributed by atoms with Crippen LogP contribution in [0, 0.1) is 17.0 Å². The van der Waals surface area contributed by atoms with Crippen molar-refractivity contribution in [3.05, 3.63) is 32.3 Å². The monoisotopic (exact) mass is 312 g/mol. The zero-order chi connectivity index (χ0) is 12.3. The van der Waals surface area contributed by atoms with Gasteiger partial charge in [0.15, 0.2) is 0 Å². The molecule has 0 amide bonds. The molecule has 0 atom stereocenters. The summed E-state index contributed by atoms with van der Waals surface area (Å²) in [6.45, 7) is 1.40. The summed E-state index contributed by atoms with van der Waals surface area (Å²) in [5.41, 5.74) is 0.838. The molecule has 0 fully saturated rings. The van der Waals surface area contributed by atoms with E-state index in [0.717, 1.165) is 5.56 Å². The molecule has 88 valence electrons. The molecule has 0 aliphatic rings. The zero-order valence-electron chi connectivity index (χ0n) is 10.4. The van der Waals surface area contributed by atoms with Crippen molar-refractivity contribution >= 4 is 33.3 Å². The normalized spacial score (nSPS) is 9.29. The van der Waals surface area contributed by atoms with Crippen LogP contribution < -0.4 is 34.9 Å². The fourth-order valence-electron chi connectivity index (χ4n) is 1.13. The van der Waals surface area contributed by atoms with Gasteiger partial charge in [-0.15, -0.1) is 0 Å². The van der Waals surface area contributed by atoms with Crippen molar-refractivity contribution in [3.63, 3.8) is 0 Å². The predicted molar refractivity (Wildman–Crippen MR) is 62.8 cm³/mol. The first-order valence-corrected chi connectivity index (χ1v) is 5.11. The molecule has 1 aromatic rings. The summed E-state index contributed by atoms with van der Waals surface area (Å²) in [6.07, 6.45) is 0. The molecule has 0 unspecified atom stereocenters. The maximum atomic E-state index is 10.7. The first-order chi connectivity index (χ1) is 7.41. The van der Waals surface area contributed by atoms with E-state index in [9.17, 15) is 14.9 Å². The minimum Gasteiger partial charge on any atom is -1.00 e. The van der Waals surface area contributed by atoms with Crippen molar-refractivity contribution in [2.75, 3.05) is 11.9 Å². The van der Waals surface area contributed by atoms with Crippen LogP contribution >= 0.6 is 15.9 Å². The van der Waals surface area contributed by atoms with Crippen molar-refractivity contribution in [2.24, 2.45) is 0 Å². The summed E-state index contributed by atoms with van der Waals surface area (Å²) in [5, 5.41) is 21.7. The number of rotatable bonds is 4. The van der Waals surface area contributed by atoms with Crippen LogP contribution in [0.3, 0.4) is 0 Å². The number of anilines is 1. The molecule has 0 aliphatic heterocycles. The smallest absolute Gasteiger partial charge is 1.00 e. The third-order valence-electron chi connectivity index (χ3n) is 1.90. The van der Waals surface area contributed by atoms with E-state index < -0.39 is 10.9 Å². The molecule has 8 heteroatoms. The second kappa shape index (κ2) is 6.95. The minimum atomic E-state index is -1.07. The first-order valence-electron chi connectivity index (χ1n) is 4.32. The third kappa shape index (κ3) is 4.63. The summed E-state index contributed by atoms with van der Waals surface area (Å²) < 4.78 is 0.611. The Labute approximate surface area is 129 Å². The molecule has 0 saturated heterocycles. The van der Waals surface area contributed by atoms with Crippen molar-refractivity contribution in [1.29, 1.82) is 0 Å². The van der Waals surface area contributed by atoms with Crippen molar-refractivity contribution in [2.45, 2.75) is 6.92 Å². The molecule has 0 aliphatic carbocycles. The van der Waals surface area contributed by atoms with Crippen molar-refractivity contribution in [3.8, 4) is 0 Å². The zero-order valence-corrected chi connectivity index (χ0v) is 12.9. The van der Waals surface area contributed by atoms with Crippen LogP contribution in [0.4, 0.5) is 11.4 Å². The number of carbonyl (C=O) groups is 1. The molecule has 1 rings (SSSR count). The number of nitro groups is 1. The maximum Gasteiger partial charge on any atom is 1.00 e. The van der Waals surface area contributed by atoms with Gasteiger partial charge in [0, 0.05) is 10.5 Å². The molecule has 0 heterocycles. The van der Waals surface area contributed by atoms with Crippen LogP contribution in [0.5, 0.6) is 0 Å². The summed E-state index contributed by atoms with van der Waals surface area (Å²) in [6, 6.07) is 2.88. The number of nitrogens with one attached hydrogen (secondary N) is 1. The van der Waals surface area contributed by atoms with Gasteiger partial charge in [-0.05, 0) is 18.6 Å². The summed E-state index contributed by atoms with van der Waals surface area (Å²) in [4.78, 5) is 20.5. The van der Waals surface area contributed by atoms with E-state index in [1.807, 2.05) is 0 Å². The van der Waals surface area contributed by atoms with E-state index in [2.05, 4.69) is 21.2 Å². The van der Waals surface area contributed by atoms with Gasteiger partial charge in [-0.1, -0.05) is 15.9 Å². The van der Waals surface area contributed by atoms with E-state index >= 15 is 0 Å². The van der Waals surface area contributed by atoms with Gasteiger partial charge in [0.05, 0.1) is 4.92 Å². The Hall–Kier alpha value is -0.630. The van der Waals surface area contributed by atoms with Crippen LogP contribution in [-0.4, -0.2) is 22.5 Å². The molecular formula is C9H10BrN2NaO4. The molecule has 0 saturated carbocycles. The fourth-order valence-corrected chi connectivity index (χ4v) is 1.47. The number of halogens is 1. The molecular weight excluding hydrogens is 303 g/mol. The number of benzene rings is 1. The molecule has 0 radical (unpaired) electrons. The number of aliphatic carboxylic acids is 1. The average molecular weight is 313 g/mol. The average Bonchev–Trinajstić information content (AvgIpc) is 2.18. The molecule has 0 spiro atoms. The number of carboxylic acids is 1. The summed E-state index contributed by atoms with van der Waals surface area (Å²) >= 11 is 3.18. The van der Waals surface area contributed by atoms with Gasteiger partial charge >= 0.3 is 35.5 Å². The van der Waals surface area contributed by atoms with Gasteiger partial charge in [0.25, 0.3) is 5.69 Å². The standard InChI is InChI=1S/C9H9BrN2O4.Na.H/c1-5-2-7(11-4-9(13)14)8(12(15)16)3-6(5)10;;/h2-3,11H,4H2,1H3,(H,13,14);;/q;+1;-1. The Morgan fingerprint density at radius 1 is 1.65 bits per heavy atom. The maximum absolute atomic E-state index is 10.7. The quantitative estimate of drug-likeness (QED) is 0.435. The number of nitrogens with zero attached hydrogens (tertiary/aromatic N) is 1. The molecule has 0 bridgehead atoms. The number of hydrogen-bond donors (Lipinski definition) is 2. The number of carboxylic acid groups (broad SMARTS) is 1. The minimum absolute atomic E-state index is 0. The third-order valence-corrected chi connectivity index (χ3v) is 2.76. The Morgan fingerprint density at radius 2 is 2.24 bits per heavy atom. The van der Waals surface area contributed by atoms with Crippen LogP contribution in [0.2, 0.25) is 0 Å². The van der Waals surface area contributed by atoms with E-state index in [4.69, 9.17) is 5.11 Å². The predicted octanol–water partition coefficient (Wildman–Crippen LogP) is -0.721.